The molecule has 3 aromatic carbocycles. The summed E-state index contributed by atoms with van der Waals surface area (Å²) in [6.45, 7) is 0. The number of carbonyl (C=O) groups is 1. The maximum Gasteiger partial charge on any atom is 0.165 e. The summed E-state index contributed by atoms with van der Waals surface area (Å²) < 4.78 is 16.9. The van der Waals surface area contributed by atoms with Crippen LogP contribution in [0, 0.1) is 0 Å². The van der Waals surface area contributed by atoms with Gasteiger partial charge in [0, 0.05) is 29.0 Å². The number of rotatable bonds is 6. The number of carbonyl (C=O) groups excluding carboxylic acids is 1. The lowest BCUT2D eigenvalue weighted by Crippen LogP contribution is -2.03. The quantitative estimate of drug-likeness (QED) is 0.446. The molecule has 1 N–H and O–H groups in total. The van der Waals surface area contributed by atoms with E-state index in [0.29, 0.717) is 52.7 Å². The van der Waals surface area contributed by atoms with Crippen LogP contribution in [0.15, 0.2) is 60.9 Å². The second-order valence-electron chi connectivity index (χ2n) is 7.37. The molecule has 0 unspecified atom stereocenters. The lowest BCUT2D eigenvalue weighted by Gasteiger charge is -2.16. The second kappa shape index (κ2) is 8.19. The molecule has 7 nitrogen and oxygen atoms in total. The van der Waals surface area contributed by atoms with Crippen molar-refractivity contribution in [3.8, 4) is 23.0 Å². The van der Waals surface area contributed by atoms with Crippen LogP contribution in [0.25, 0.3) is 10.9 Å². The standard InChI is InChI=1S/C25H21N3O4/c1-30-22-12-17-19(13-23(22)31-2)26-14-27-25(17)28-18-9-11-21(16-8-10-20(29)24(16)18)32-15-6-4-3-5-7-15/h3-7,9,11-14H,8,10H2,1-2H3,(H,26,27,28). The predicted molar refractivity (Wildman–Crippen MR) is 122 cm³/mol. The average Bonchev–Trinajstić information content (AvgIpc) is 3.23. The van der Waals surface area contributed by atoms with Crippen molar-refractivity contribution < 1.29 is 19.0 Å². The highest BCUT2D eigenvalue weighted by atomic mass is 16.5. The lowest BCUT2D eigenvalue weighted by atomic mass is 10.1. The van der Waals surface area contributed by atoms with Crippen LogP contribution in [0.1, 0.15) is 22.3 Å². The average molecular weight is 427 g/mol. The van der Waals surface area contributed by atoms with Gasteiger partial charge in [0.1, 0.15) is 23.6 Å². The Labute approximate surface area is 185 Å². The van der Waals surface area contributed by atoms with E-state index in [1.807, 2.05) is 48.5 Å². The minimum atomic E-state index is 0.0821. The first-order valence-electron chi connectivity index (χ1n) is 10.2. The molecule has 32 heavy (non-hydrogen) atoms. The van der Waals surface area contributed by atoms with Gasteiger partial charge in [-0.05, 0) is 36.8 Å². The number of benzene rings is 3. The summed E-state index contributed by atoms with van der Waals surface area (Å²) in [6.07, 6.45) is 2.57. The van der Waals surface area contributed by atoms with Crippen LogP contribution in [0.4, 0.5) is 11.5 Å². The summed E-state index contributed by atoms with van der Waals surface area (Å²) >= 11 is 0. The van der Waals surface area contributed by atoms with Crippen LogP contribution >= 0.6 is 0 Å². The molecule has 1 aromatic heterocycles. The molecule has 0 fully saturated rings. The first-order valence-corrected chi connectivity index (χ1v) is 10.2. The van der Waals surface area contributed by atoms with Crippen molar-refractivity contribution in [1.29, 1.82) is 0 Å². The van der Waals surface area contributed by atoms with Gasteiger partial charge in [0.15, 0.2) is 17.3 Å². The molecule has 0 spiro atoms. The van der Waals surface area contributed by atoms with Crippen LogP contribution in [-0.4, -0.2) is 30.0 Å². The van der Waals surface area contributed by atoms with Crippen LogP contribution in [0.3, 0.4) is 0 Å². The van der Waals surface area contributed by atoms with E-state index in [1.165, 1.54) is 6.33 Å². The van der Waals surface area contributed by atoms with Crippen LogP contribution in [0.5, 0.6) is 23.0 Å². The smallest absolute Gasteiger partial charge is 0.165 e. The maximum absolute atomic E-state index is 12.8. The van der Waals surface area contributed by atoms with Gasteiger partial charge in [-0.15, -0.1) is 0 Å². The highest BCUT2D eigenvalue weighted by Crippen LogP contribution is 2.40. The van der Waals surface area contributed by atoms with Gasteiger partial charge in [-0.1, -0.05) is 18.2 Å². The van der Waals surface area contributed by atoms with Crippen molar-refractivity contribution in [3.05, 3.63) is 72.1 Å². The Morgan fingerprint density at radius 3 is 2.44 bits per heavy atom. The molecule has 0 amide bonds. The van der Waals surface area contributed by atoms with Gasteiger partial charge in [-0.25, -0.2) is 9.97 Å². The number of ether oxygens (including phenoxy) is 3. The summed E-state index contributed by atoms with van der Waals surface area (Å²) in [7, 11) is 3.16. The Hall–Kier alpha value is -4.13. The van der Waals surface area contributed by atoms with Gasteiger partial charge in [-0.3, -0.25) is 4.79 Å². The minimum Gasteiger partial charge on any atom is -0.493 e. The Kier molecular flexibility index (Phi) is 5.07. The fourth-order valence-corrected chi connectivity index (χ4v) is 3.98. The van der Waals surface area contributed by atoms with Crippen molar-refractivity contribution in [2.24, 2.45) is 0 Å². The summed E-state index contributed by atoms with van der Waals surface area (Å²) in [5, 5.41) is 4.09. The number of fused-ring (bicyclic) bond motifs is 2. The van der Waals surface area contributed by atoms with Crippen LogP contribution < -0.4 is 19.5 Å². The lowest BCUT2D eigenvalue weighted by molar-refractivity contribution is 0.0995. The fraction of sp³-hybridized carbons (Fsp3) is 0.160. The van der Waals surface area contributed by atoms with Gasteiger partial charge in [0.05, 0.1) is 25.4 Å². The third kappa shape index (κ3) is 3.47. The Morgan fingerprint density at radius 2 is 1.66 bits per heavy atom. The van der Waals surface area contributed by atoms with Crippen molar-refractivity contribution in [1.82, 2.24) is 9.97 Å². The third-order valence-corrected chi connectivity index (χ3v) is 5.52. The topological polar surface area (TPSA) is 82.6 Å². The fourth-order valence-electron chi connectivity index (χ4n) is 3.98. The highest BCUT2D eigenvalue weighted by Gasteiger charge is 2.27. The van der Waals surface area contributed by atoms with Gasteiger partial charge in [-0.2, -0.15) is 0 Å². The number of methoxy groups -OCH3 is 2. The molecule has 1 heterocycles. The second-order valence-corrected chi connectivity index (χ2v) is 7.37. The zero-order chi connectivity index (χ0) is 22.1. The monoisotopic (exact) mass is 427 g/mol. The number of hydrogen-bond donors (Lipinski definition) is 1. The van der Waals surface area contributed by atoms with Gasteiger partial charge in [0.2, 0.25) is 0 Å². The molecule has 0 radical (unpaired) electrons. The first kappa shape index (κ1) is 19.8. The van der Waals surface area contributed by atoms with E-state index in [1.54, 1.807) is 20.3 Å². The molecule has 7 heteroatoms. The first-order chi connectivity index (χ1) is 15.7. The minimum absolute atomic E-state index is 0.0821. The van der Waals surface area contributed by atoms with Gasteiger partial charge >= 0.3 is 0 Å². The number of Topliss-reactive ketones (excluding diaryl/α,β-unsaturated/α-hetero) is 1. The molecule has 0 atom stereocenters. The van der Waals surface area contributed by atoms with Crippen LogP contribution in [-0.2, 0) is 6.42 Å². The SMILES string of the molecule is COc1cc2ncnc(Nc3ccc(Oc4ccccc4)c4c3C(=O)CC4)c2cc1OC. The zero-order valence-corrected chi connectivity index (χ0v) is 17.7. The number of nitrogens with one attached hydrogen (secondary N) is 1. The largest absolute Gasteiger partial charge is 0.493 e. The molecule has 160 valence electrons. The molecule has 5 rings (SSSR count). The Morgan fingerprint density at radius 1 is 0.875 bits per heavy atom. The molecular formula is C25H21N3O4. The van der Waals surface area contributed by atoms with E-state index >= 15 is 0 Å². The summed E-state index contributed by atoms with van der Waals surface area (Å²) in [4.78, 5) is 21.5. The Bertz CT molecular complexity index is 1320. The van der Waals surface area contributed by atoms with Crippen molar-refractivity contribution in [2.45, 2.75) is 12.8 Å². The molecular weight excluding hydrogens is 406 g/mol. The molecule has 1 aliphatic carbocycles. The van der Waals surface area contributed by atoms with E-state index in [2.05, 4.69) is 15.3 Å². The van der Waals surface area contributed by atoms with E-state index < -0.39 is 0 Å². The molecule has 0 saturated carbocycles. The van der Waals surface area contributed by atoms with Crippen molar-refractivity contribution >= 4 is 28.2 Å². The number of hydrogen-bond acceptors (Lipinski definition) is 7. The Balaban J connectivity index is 1.56. The van der Waals surface area contributed by atoms with E-state index in [4.69, 9.17) is 14.2 Å². The van der Waals surface area contributed by atoms with E-state index in [0.717, 1.165) is 16.7 Å². The number of ketones is 1. The summed E-state index contributed by atoms with van der Waals surface area (Å²) in [6, 6.07) is 16.9. The van der Waals surface area contributed by atoms with Crippen molar-refractivity contribution in [3.63, 3.8) is 0 Å². The van der Waals surface area contributed by atoms with E-state index in [9.17, 15) is 4.79 Å². The molecule has 0 aliphatic heterocycles. The number of para-hydroxylation sites is 1. The third-order valence-electron chi connectivity index (χ3n) is 5.52. The normalized spacial score (nSPS) is 12.5. The van der Waals surface area contributed by atoms with Gasteiger partial charge in [0.25, 0.3) is 0 Å². The maximum atomic E-state index is 12.8. The number of nitrogens with zero attached hydrogens (tertiary/aromatic N) is 2. The van der Waals surface area contributed by atoms with E-state index in [-0.39, 0.29) is 5.78 Å². The number of aromatic nitrogens is 2. The highest BCUT2D eigenvalue weighted by molar-refractivity contribution is 6.07. The number of anilines is 2. The van der Waals surface area contributed by atoms with Crippen molar-refractivity contribution in [2.75, 3.05) is 19.5 Å². The molecule has 4 aromatic rings. The molecule has 1 aliphatic rings. The predicted octanol–water partition coefficient (Wildman–Crippen LogP) is 5.31. The summed E-state index contributed by atoms with van der Waals surface area (Å²) in [5.41, 5.74) is 2.94. The summed E-state index contributed by atoms with van der Waals surface area (Å²) in [5.74, 6) is 3.25. The molecule has 0 saturated heterocycles. The van der Waals surface area contributed by atoms with Gasteiger partial charge < -0.3 is 19.5 Å². The zero-order valence-electron chi connectivity index (χ0n) is 17.7. The van der Waals surface area contributed by atoms with Crippen LogP contribution in [0.2, 0.25) is 0 Å². The molecule has 0 bridgehead atoms.